The first-order valence-corrected chi connectivity index (χ1v) is 12.6. The number of hydrogen-bond acceptors (Lipinski definition) is 5. The lowest BCUT2D eigenvalue weighted by molar-refractivity contribution is -0.137. The van der Waals surface area contributed by atoms with Gasteiger partial charge in [0.1, 0.15) is 5.52 Å². The van der Waals surface area contributed by atoms with E-state index in [0.717, 1.165) is 38.9 Å². The number of nitrogens with zero attached hydrogens (tertiary/aromatic N) is 3. The Morgan fingerprint density at radius 1 is 0.881 bits per heavy atom. The zero-order chi connectivity index (χ0) is 29.9. The van der Waals surface area contributed by atoms with Crippen LogP contribution in [0.25, 0.3) is 22.2 Å². The van der Waals surface area contributed by atoms with Gasteiger partial charge in [0, 0.05) is 16.8 Å². The zero-order valence-corrected chi connectivity index (χ0v) is 22.1. The fraction of sp³-hybridized carbons (Fsp3) is 0.0968. The number of aryl methyl sites for hydroxylation is 2. The highest BCUT2D eigenvalue weighted by Gasteiger charge is 2.39. The van der Waals surface area contributed by atoms with Crippen molar-refractivity contribution in [2.75, 3.05) is 4.90 Å². The Morgan fingerprint density at radius 3 is 2.29 bits per heavy atom. The molecule has 0 bridgehead atoms. The summed E-state index contributed by atoms with van der Waals surface area (Å²) >= 11 is 0. The maximum Gasteiger partial charge on any atom is 0.440 e. The standard InChI is InChI=1S/C31H20F3N3O5/c1-16-11-17(2)13-21(12-16)36-25-15-20(31(32,33)34)9-10-23(25)26(28(36)38)35-37-24-8-4-7-22(27(24)42-30(37)41)18-5-3-6-19(14-18)29(39)40/h3-15H,1-2H3,(H,39,40)/b35-26+. The van der Waals surface area contributed by atoms with Gasteiger partial charge < -0.3 is 9.52 Å². The van der Waals surface area contributed by atoms with E-state index in [-0.39, 0.29) is 33.6 Å². The van der Waals surface area contributed by atoms with Crippen LogP contribution in [-0.2, 0) is 11.0 Å². The lowest BCUT2D eigenvalue weighted by atomic mass is 10.0. The van der Waals surface area contributed by atoms with Crippen molar-refractivity contribution >= 4 is 40.1 Å². The quantitative estimate of drug-likeness (QED) is 0.264. The van der Waals surface area contributed by atoms with Crippen LogP contribution in [0.5, 0.6) is 0 Å². The number of para-hydroxylation sites is 1. The van der Waals surface area contributed by atoms with Gasteiger partial charge in [-0.05, 0) is 79.1 Å². The van der Waals surface area contributed by atoms with Gasteiger partial charge in [0.25, 0.3) is 5.91 Å². The highest BCUT2D eigenvalue weighted by atomic mass is 19.4. The number of carboxylic acid groups (broad SMARTS) is 1. The maximum atomic E-state index is 13.8. The van der Waals surface area contributed by atoms with E-state index in [2.05, 4.69) is 5.10 Å². The summed E-state index contributed by atoms with van der Waals surface area (Å²) in [5.41, 5.74) is 2.04. The average Bonchev–Trinajstić information content (AvgIpc) is 3.40. The summed E-state index contributed by atoms with van der Waals surface area (Å²) < 4.78 is 47.4. The van der Waals surface area contributed by atoms with Crippen molar-refractivity contribution in [1.29, 1.82) is 0 Å². The largest absolute Gasteiger partial charge is 0.478 e. The van der Waals surface area contributed by atoms with E-state index in [0.29, 0.717) is 16.8 Å². The van der Waals surface area contributed by atoms with Gasteiger partial charge in [-0.2, -0.15) is 22.9 Å². The molecule has 0 unspecified atom stereocenters. The van der Waals surface area contributed by atoms with Crippen LogP contribution < -0.4 is 10.7 Å². The van der Waals surface area contributed by atoms with Crippen molar-refractivity contribution in [2.24, 2.45) is 5.10 Å². The lowest BCUT2D eigenvalue weighted by Gasteiger charge is -2.19. The van der Waals surface area contributed by atoms with Crippen molar-refractivity contribution in [3.05, 3.63) is 117 Å². The molecule has 5 aromatic rings. The second-order valence-corrected chi connectivity index (χ2v) is 9.88. The van der Waals surface area contributed by atoms with Gasteiger partial charge >= 0.3 is 17.9 Å². The van der Waals surface area contributed by atoms with E-state index in [9.17, 15) is 32.7 Å². The summed E-state index contributed by atoms with van der Waals surface area (Å²) in [6.45, 7) is 3.61. The molecule has 4 aromatic carbocycles. The molecular formula is C31H20F3N3O5. The first kappa shape index (κ1) is 26.8. The SMILES string of the molecule is Cc1cc(C)cc(N2C(=O)/C(=N/n3c(=O)oc4c(-c5cccc(C(=O)O)c5)cccc43)c3ccc(C(F)(F)F)cc32)c1. The Morgan fingerprint density at radius 2 is 1.60 bits per heavy atom. The molecule has 210 valence electrons. The normalized spacial score (nSPS) is 14.2. The van der Waals surface area contributed by atoms with E-state index < -0.39 is 29.4 Å². The van der Waals surface area contributed by atoms with Crippen molar-refractivity contribution in [2.45, 2.75) is 20.0 Å². The van der Waals surface area contributed by atoms with Crippen LogP contribution in [0.1, 0.15) is 32.6 Å². The highest BCUT2D eigenvalue weighted by molar-refractivity contribution is 6.55. The molecule has 8 nitrogen and oxygen atoms in total. The van der Waals surface area contributed by atoms with Crippen molar-refractivity contribution in [3.8, 4) is 11.1 Å². The van der Waals surface area contributed by atoms with Gasteiger partial charge in [0.15, 0.2) is 11.3 Å². The van der Waals surface area contributed by atoms with Crippen molar-refractivity contribution < 1.29 is 32.3 Å². The molecule has 1 N–H and O–H groups in total. The molecule has 0 saturated carbocycles. The van der Waals surface area contributed by atoms with Crippen molar-refractivity contribution in [3.63, 3.8) is 0 Å². The highest BCUT2D eigenvalue weighted by Crippen LogP contribution is 2.41. The molecule has 0 aliphatic carbocycles. The van der Waals surface area contributed by atoms with Gasteiger partial charge in [0.2, 0.25) is 0 Å². The third kappa shape index (κ3) is 4.44. The topological polar surface area (TPSA) is 105 Å². The van der Waals surface area contributed by atoms with Gasteiger partial charge in [-0.3, -0.25) is 9.69 Å². The molecule has 11 heteroatoms. The minimum Gasteiger partial charge on any atom is -0.478 e. The summed E-state index contributed by atoms with van der Waals surface area (Å²) in [6, 6.07) is 19.0. The van der Waals surface area contributed by atoms with E-state index in [4.69, 9.17) is 4.42 Å². The molecule has 0 atom stereocenters. The number of fused-ring (bicyclic) bond motifs is 2. The van der Waals surface area contributed by atoms with E-state index in [1.165, 1.54) is 18.2 Å². The number of alkyl halides is 3. The molecule has 1 aliphatic heterocycles. The number of carboxylic acids is 1. The van der Waals surface area contributed by atoms with Crippen LogP contribution in [0.3, 0.4) is 0 Å². The number of oxazole rings is 1. The van der Waals surface area contributed by atoms with Gasteiger partial charge in [0.05, 0.1) is 16.8 Å². The predicted octanol–water partition coefficient (Wildman–Crippen LogP) is 6.53. The summed E-state index contributed by atoms with van der Waals surface area (Å²) in [5, 5.41) is 13.7. The van der Waals surface area contributed by atoms with E-state index >= 15 is 0 Å². The predicted molar refractivity (Wildman–Crippen MR) is 149 cm³/mol. The number of carbonyl (C=O) groups is 2. The van der Waals surface area contributed by atoms with Crippen molar-refractivity contribution in [1.82, 2.24) is 4.68 Å². The number of amides is 1. The first-order valence-electron chi connectivity index (χ1n) is 12.6. The number of halogens is 3. The Balaban J connectivity index is 1.55. The zero-order valence-electron chi connectivity index (χ0n) is 22.1. The molecular weight excluding hydrogens is 551 g/mol. The summed E-state index contributed by atoms with van der Waals surface area (Å²) in [7, 11) is 0. The van der Waals surface area contributed by atoms with Crippen LogP contribution in [0, 0.1) is 13.8 Å². The average molecular weight is 572 g/mol. The number of benzene rings is 4. The third-order valence-electron chi connectivity index (χ3n) is 6.90. The van der Waals surface area contributed by atoms with E-state index in [1.54, 1.807) is 50.2 Å². The third-order valence-corrected chi connectivity index (χ3v) is 6.90. The Labute approximate surface area is 235 Å². The van der Waals surface area contributed by atoms with Gasteiger partial charge in [-0.15, -0.1) is 0 Å². The molecule has 2 heterocycles. The van der Waals surface area contributed by atoms with Gasteiger partial charge in [-0.25, -0.2) is 9.59 Å². The molecule has 0 radical (unpaired) electrons. The molecule has 0 saturated heterocycles. The maximum absolute atomic E-state index is 13.8. The number of aromatic carboxylic acids is 1. The fourth-order valence-corrected chi connectivity index (χ4v) is 5.13. The Kier molecular flexibility index (Phi) is 6.10. The molecule has 0 spiro atoms. The number of aromatic nitrogens is 1. The number of anilines is 2. The monoisotopic (exact) mass is 571 g/mol. The lowest BCUT2D eigenvalue weighted by Crippen LogP contribution is -2.27. The van der Waals surface area contributed by atoms with Crippen LogP contribution in [0.15, 0.2) is 93.2 Å². The minimum atomic E-state index is -4.65. The molecule has 6 rings (SSSR count). The summed E-state index contributed by atoms with van der Waals surface area (Å²) in [5.74, 6) is -2.79. The minimum absolute atomic E-state index is 0.0226. The van der Waals surface area contributed by atoms with Crippen LogP contribution in [-0.4, -0.2) is 27.4 Å². The van der Waals surface area contributed by atoms with Gasteiger partial charge in [-0.1, -0.05) is 30.3 Å². The van der Waals surface area contributed by atoms with Crippen LogP contribution in [0.2, 0.25) is 0 Å². The number of hydrogen-bond donors (Lipinski definition) is 1. The summed E-state index contributed by atoms with van der Waals surface area (Å²) in [6.07, 6.45) is -4.65. The molecule has 1 aliphatic rings. The summed E-state index contributed by atoms with van der Waals surface area (Å²) in [4.78, 5) is 39.5. The Hall–Kier alpha value is -5.45. The van der Waals surface area contributed by atoms with E-state index in [1.807, 2.05) is 6.07 Å². The van der Waals surface area contributed by atoms with Crippen LogP contribution >= 0.6 is 0 Å². The molecule has 0 fully saturated rings. The molecule has 1 amide bonds. The second kappa shape index (κ2) is 9.58. The smallest absolute Gasteiger partial charge is 0.440 e. The number of carbonyl (C=O) groups excluding carboxylic acids is 1. The fourth-order valence-electron chi connectivity index (χ4n) is 5.13. The van der Waals surface area contributed by atoms with Crippen LogP contribution in [0.4, 0.5) is 24.5 Å². The Bertz CT molecular complexity index is 2020. The first-order chi connectivity index (χ1) is 19.9. The molecule has 42 heavy (non-hydrogen) atoms. The molecule has 1 aromatic heterocycles. The number of rotatable bonds is 4. The second-order valence-electron chi connectivity index (χ2n) is 9.88.